The maximum Gasteiger partial charge on any atom is 0.490 e. The Bertz CT molecular complexity index is 1350. The molecule has 2 amide bonds. The van der Waals surface area contributed by atoms with Crippen molar-refractivity contribution in [2.45, 2.75) is 30.8 Å². The minimum atomic E-state index is -5.08. The monoisotopic (exact) mass is 521 g/mol. The molecule has 1 aromatic heterocycles. The first-order chi connectivity index (χ1) is 17.4. The first kappa shape index (κ1) is 25.9. The van der Waals surface area contributed by atoms with Gasteiger partial charge in [0.15, 0.2) is 5.72 Å². The van der Waals surface area contributed by atoms with Gasteiger partial charge < -0.3 is 30.5 Å². The van der Waals surface area contributed by atoms with E-state index in [0.717, 1.165) is 19.4 Å². The molecule has 2 unspecified atom stereocenters. The lowest BCUT2D eigenvalue weighted by molar-refractivity contribution is -0.192. The van der Waals surface area contributed by atoms with Crippen LogP contribution in [0.3, 0.4) is 0 Å². The van der Waals surface area contributed by atoms with Crippen molar-refractivity contribution in [3.05, 3.63) is 59.2 Å². The van der Waals surface area contributed by atoms with Crippen LogP contribution in [0.1, 0.15) is 34.3 Å². The SMILES string of the molecule is O=C(O)C(F)(F)F.O=C(O)Nc1nc2ccc(C3(O)c4ccccc4C(=O)N3CC3CCCN3)cc2[nH]1. The number of hydrogen-bond donors (Lipinski definition) is 6. The van der Waals surface area contributed by atoms with Crippen LogP contribution in [0.2, 0.25) is 0 Å². The number of anilines is 1. The van der Waals surface area contributed by atoms with Crippen molar-refractivity contribution in [2.24, 2.45) is 0 Å². The van der Waals surface area contributed by atoms with Crippen molar-refractivity contribution >= 4 is 35.0 Å². The molecule has 11 nitrogen and oxygen atoms in total. The fraction of sp³-hybridized carbons (Fsp3) is 0.304. The topological polar surface area (TPSA) is 168 Å². The number of H-pyrrole nitrogens is 1. The van der Waals surface area contributed by atoms with E-state index >= 15 is 0 Å². The van der Waals surface area contributed by atoms with Crippen molar-refractivity contribution in [3.8, 4) is 0 Å². The van der Waals surface area contributed by atoms with E-state index in [1.165, 1.54) is 4.90 Å². The molecule has 3 heterocycles. The van der Waals surface area contributed by atoms with Crippen LogP contribution in [0.15, 0.2) is 42.5 Å². The highest BCUT2D eigenvalue weighted by molar-refractivity contribution is 6.00. The van der Waals surface area contributed by atoms with Gasteiger partial charge in [-0.05, 0) is 37.6 Å². The number of alkyl halides is 3. The summed E-state index contributed by atoms with van der Waals surface area (Å²) in [5.41, 5.74) is 1.01. The minimum absolute atomic E-state index is 0.0940. The number of aliphatic carboxylic acids is 1. The van der Waals surface area contributed by atoms with Gasteiger partial charge in [-0.2, -0.15) is 13.2 Å². The third kappa shape index (κ3) is 5.06. The first-order valence-electron chi connectivity index (χ1n) is 11.1. The standard InChI is InChI=1S/C21H21N5O4.C2HF3O2/c27-18-14-5-1-2-6-15(14)21(30,26(18)11-13-4-3-9-22-13)12-7-8-16-17(10-12)24-19(23-16)25-20(28)29;3-2(4,5)1(6)7/h1-2,5-8,10,13,22,30H,3-4,9,11H2,(H,28,29)(H2,23,24,25);(H,6,7). The smallest absolute Gasteiger partial charge is 0.475 e. The number of fused-ring (bicyclic) bond motifs is 2. The molecule has 3 aromatic rings. The Morgan fingerprint density at radius 1 is 1.19 bits per heavy atom. The number of carbonyl (C=O) groups excluding carboxylic acids is 1. The van der Waals surface area contributed by atoms with E-state index in [-0.39, 0.29) is 17.9 Å². The zero-order valence-corrected chi connectivity index (χ0v) is 19.0. The van der Waals surface area contributed by atoms with Crippen molar-refractivity contribution in [1.29, 1.82) is 0 Å². The fourth-order valence-corrected chi connectivity index (χ4v) is 4.46. The molecule has 0 saturated carbocycles. The Hall–Kier alpha value is -4.17. The van der Waals surface area contributed by atoms with Crippen molar-refractivity contribution in [1.82, 2.24) is 20.2 Å². The third-order valence-electron chi connectivity index (χ3n) is 6.09. The molecule has 1 fully saturated rings. The van der Waals surface area contributed by atoms with Crippen LogP contribution >= 0.6 is 0 Å². The number of imidazole rings is 1. The van der Waals surface area contributed by atoms with Gasteiger partial charge in [0.05, 0.1) is 11.0 Å². The summed E-state index contributed by atoms with van der Waals surface area (Å²) in [6.07, 6.45) is -4.32. The summed E-state index contributed by atoms with van der Waals surface area (Å²) in [6, 6.07) is 12.3. The van der Waals surface area contributed by atoms with Crippen LogP contribution in [-0.4, -0.2) is 73.5 Å². The van der Waals surface area contributed by atoms with Gasteiger partial charge in [-0.1, -0.05) is 24.3 Å². The number of rotatable bonds is 4. The predicted molar refractivity (Wildman–Crippen MR) is 123 cm³/mol. The predicted octanol–water partition coefficient (Wildman–Crippen LogP) is 2.69. The highest BCUT2D eigenvalue weighted by Gasteiger charge is 2.50. The second kappa shape index (κ2) is 9.71. The molecule has 0 radical (unpaired) electrons. The number of carboxylic acid groups (broad SMARTS) is 2. The minimum Gasteiger partial charge on any atom is -0.475 e. The number of halogens is 3. The molecule has 37 heavy (non-hydrogen) atoms. The second-order valence-electron chi connectivity index (χ2n) is 8.48. The lowest BCUT2D eigenvalue weighted by Crippen LogP contribution is -2.49. The second-order valence-corrected chi connectivity index (χ2v) is 8.48. The highest BCUT2D eigenvalue weighted by atomic mass is 19.4. The molecule has 5 rings (SSSR count). The van der Waals surface area contributed by atoms with Gasteiger partial charge in [0.25, 0.3) is 5.91 Å². The average Bonchev–Trinajstić information content (AvgIpc) is 3.53. The van der Waals surface area contributed by atoms with E-state index in [2.05, 4.69) is 20.6 Å². The summed E-state index contributed by atoms with van der Waals surface area (Å²) < 4.78 is 31.7. The Labute approximate surface area is 206 Å². The number of aromatic nitrogens is 2. The van der Waals surface area contributed by atoms with Gasteiger partial charge in [0.1, 0.15) is 0 Å². The summed E-state index contributed by atoms with van der Waals surface area (Å²) >= 11 is 0. The van der Waals surface area contributed by atoms with Crippen molar-refractivity contribution < 1.29 is 42.9 Å². The molecule has 1 saturated heterocycles. The van der Waals surface area contributed by atoms with Crippen LogP contribution in [0, 0.1) is 0 Å². The number of hydrogen-bond acceptors (Lipinski definition) is 6. The van der Waals surface area contributed by atoms with Gasteiger partial charge >= 0.3 is 18.2 Å². The normalized spacial score (nSPS) is 20.9. The van der Waals surface area contributed by atoms with Crippen molar-refractivity contribution in [3.63, 3.8) is 0 Å². The number of carboxylic acids is 1. The van der Waals surface area contributed by atoms with Gasteiger partial charge in [0, 0.05) is 29.3 Å². The quantitative estimate of drug-likeness (QED) is 0.305. The van der Waals surface area contributed by atoms with E-state index in [1.54, 1.807) is 42.5 Å². The number of carbonyl (C=O) groups is 3. The highest BCUT2D eigenvalue weighted by Crippen LogP contribution is 2.43. The molecule has 2 atom stereocenters. The van der Waals surface area contributed by atoms with E-state index in [0.29, 0.717) is 34.3 Å². The van der Waals surface area contributed by atoms with Crippen LogP contribution in [0.5, 0.6) is 0 Å². The molecule has 0 spiro atoms. The molecule has 2 aliphatic rings. The maximum atomic E-state index is 13.2. The van der Waals surface area contributed by atoms with Crippen molar-refractivity contribution in [2.75, 3.05) is 18.4 Å². The largest absolute Gasteiger partial charge is 0.490 e. The molecule has 0 bridgehead atoms. The summed E-state index contributed by atoms with van der Waals surface area (Å²) in [7, 11) is 0. The molecular formula is C23H22F3N5O6. The summed E-state index contributed by atoms with van der Waals surface area (Å²) in [5.74, 6) is -2.87. The molecule has 2 aromatic carbocycles. The zero-order chi connectivity index (χ0) is 27.0. The van der Waals surface area contributed by atoms with E-state index in [1.807, 2.05) is 0 Å². The number of benzene rings is 2. The fourth-order valence-electron chi connectivity index (χ4n) is 4.46. The number of nitrogens with zero attached hydrogens (tertiary/aromatic N) is 2. The van der Waals surface area contributed by atoms with Gasteiger partial charge in [0.2, 0.25) is 5.95 Å². The Kier molecular flexibility index (Phi) is 6.80. The molecule has 196 valence electrons. The summed E-state index contributed by atoms with van der Waals surface area (Å²) in [5, 5.41) is 33.6. The van der Waals surface area contributed by atoms with Gasteiger partial charge in [-0.15, -0.1) is 0 Å². The molecule has 14 heteroatoms. The number of amides is 2. The Morgan fingerprint density at radius 3 is 2.51 bits per heavy atom. The van der Waals surface area contributed by atoms with E-state index in [9.17, 15) is 27.9 Å². The lowest BCUT2D eigenvalue weighted by Gasteiger charge is -2.36. The molecule has 6 N–H and O–H groups in total. The van der Waals surface area contributed by atoms with Crippen LogP contribution in [0.4, 0.5) is 23.9 Å². The van der Waals surface area contributed by atoms with Gasteiger partial charge in [-0.25, -0.2) is 14.6 Å². The number of aromatic amines is 1. The van der Waals surface area contributed by atoms with Gasteiger partial charge in [-0.3, -0.25) is 10.1 Å². The van der Waals surface area contributed by atoms with Crippen LogP contribution < -0.4 is 10.6 Å². The zero-order valence-electron chi connectivity index (χ0n) is 19.0. The Balaban J connectivity index is 0.000000405. The molecule has 0 aliphatic carbocycles. The third-order valence-corrected chi connectivity index (χ3v) is 6.09. The molecular weight excluding hydrogens is 499 g/mol. The Morgan fingerprint density at radius 2 is 1.89 bits per heavy atom. The van der Waals surface area contributed by atoms with Crippen LogP contribution in [0.25, 0.3) is 11.0 Å². The lowest BCUT2D eigenvalue weighted by atomic mass is 9.93. The van der Waals surface area contributed by atoms with E-state index < -0.39 is 24.0 Å². The summed E-state index contributed by atoms with van der Waals surface area (Å²) in [4.78, 5) is 41.6. The average molecular weight is 521 g/mol. The number of nitrogens with one attached hydrogen (secondary N) is 3. The first-order valence-corrected chi connectivity index (χ1v) is 11.1. The maximum absolute atomic E-state index is 13.2. The van der Waals surface area contributed by atoms with Crippen LogP contribution in [-0.2, 0) is 10.5 Å². The van der Waals surface area contributed by atoms with E-state index in [4.69, 9.17) is 15.0 Å². The number of aliphatic hydroxyl groups is 1. The molecule has 2 aliphatic heterocycles. The summed E-state index contributed by atoms with van der Waals surface area (Å²) in [6.45, 7) is 1.29.